The van der Waals surface area contributed by atoms with Crippen LogP contribution in [0.3, 0.4) is 0 Å². The topological polar surface area (TPSA) is 53.9 Å². The molecule has 0 aliphatic heterocycles. The van der Waals surface area contributed by atoms with Crippen LogP contribution < -0.4 is 10.2 Å². The van der Waals surface area contributed by atoms with Crippen molar-refractivity contribution in [2.75, 3.05) is 34.2 Å². The maximum absolute atomic E-state index is 11.7. The molecule has 2 amide bonds. The third-order valence-electron chi connectivity index (χ3n) is 2.89. The van der Waals surface area contributed by atoms with Gasteiger partial charge < -0.3 is 15.1 Å². The summed E-state index contributed by atoms with van der Waals surface area (Å²) >= 11 is 11.8. The van der Waals surface area contributed by atoms with Gasteiger partial charge in [-0.2, -0.15) is 0 Å². The van der Waals surface area contributed by atoms with Crippen molar-refractivity contribution in [3.8, 4) is 0 Å². The highest BCUT2D eigenvalue weighted by Gasteiger charge is 2.13. The molecule has 2 N–H and O–H groups in total. The van der Waals surface area contributed by atoms with Crippen LogP contribution in [-0.4, -0.2) is 50.9 Å². The average Bonchev–Trinajstić information content (AvgIpc) is 2.40. The zero-order chi connectivity index (χ0) is 16.0. The van der Waals surface area contributed by atoms with Crippen LogP contribution in [-0.2, 0) is 16.1 Å². The van der Waals surface area contributed by atoms with Crippen molar-refractivity contribution < 1.29 is 14.5 Å². The van der Waals surface area contributed by atoms with Gasteiger partial charge in [-0.25, -0.2) is 0 Å². The standard InChI is InChI=1S/C14H19Cl2N3O2/c1-18(2)14(21)7-17-13(20)9-19(3)8-10-4-5-11(15)12(16)6-10/h4-6H,7-9H2,1-3H3,(H,17,20)/p+1. The van der Waals surface area contributed by atoms with Crippen LogP contribution in [0.25, 0.3) is 0 Å². The summed E-state index contributed by atoms with van der Waals surface area (Å²) in [7, 11) is 5.20. The van der Waals surface area contributed by atoms with Gasteiger partial charge in [0, 0.05) is 19.7 Å². The van der Waals surface area contributed by atoms with E-state index in [0.717, 1.165) is 10.5 Å². The first-order chi connectivity index (χ1) is 9.79. The van der Waals surface area contributed by atoms with Gasteiger partial charge in [0.15, 0.2) is 6.54 Å². The molecule has 0 fully saturated rings. The predicted molar refractivity (Wildman–Crippen MR) is 83.6 cm³/mol. The molecule has 0 heterocycles. The van der Waals surface area contributed by atoms with Gasteiger partial charge in [-0.15, -0.1) is 0 Å². The van der Waals surface area contributed by atoms with E-state index in [1.165, 1.54) is 4.90 Å². The van der Waals surface area contributed by atoms with Crippen molar-refractivity contribution in [2.24, 2.45) is 0 Å². The number of quaternary nitrogens is 1. The molecule has 0 bridgehead atoms. The Morgan fingerprint density at radius 1 is 1.24 bits per heavy atom. The van der Waals surface area contributed by atoms with Crippen molar-refractivity contribution in [2.45, 2.75) is 6.54 Å². The van der Waals surface area contributed by atoms with Gasteiger partial charge >= 0.3 is 0 Å². The van der Waals surface area contributed by atoms with Crippen LogP contribution >= 0.6 is 23.2 Å². The Hall–Kier alpha value is -1.30. The molecule has 1 rings (SSSR count). The monoisotopic (exact) mass is 332 g/mol. The number of halogens is 2. The fourth-order valence-corrected chi connectivity index (χ4v) is 2.05. The first-order valence-corrected chi connectivity index (χ1v) is 7.27. The van der Waals surface area contributed by atoms with Crippen LogP contribution in [0.5, 0.6) is 0 Å². The number of nitrogens with one attached hydrogen (secondary N) is 2. The van der Waals surface area contributed by atoms with Crippen molar-refractivity contribution in [3.63, 3.8) is 0 Å². The molecular formula is C14H20Cl2N3O2+. The number of nitrogens with zero attached hydrogens (tertiary/aromatic N) is 1. The lowest BCUT2D eigenvalue weighted by Crippen LogP contribution is -3.08. The summed E-state index contributed by atoms with van der Waals surface area (Å²) in [6, 6.07) is 5.41. The van der Waals surface area contributed by atoms with E-state index in [1.54, 1.807) is 26.2 Å². The lowest BCUT2D eigenvalue weighted by Gasteiger charge is -2.15. The van der Waals surface area contributed by atoms with Gasteiger partial charge in [-0.3, -0.25) is 9.59 Å². The minimum atomic E-state index is -0.164. The molecular weight excluding hydrogens is 313 g/mol. The number of hydrogen-bond acceptors (Lipinski definition) is 2. The van der Waals surface area contributed by atoms with E-state index < -0.39 is 0 Å². The summed E-state index contributed by atoms with van der Waals surface area (Å²) < 4.78 is 0. The van der Waals surface area contributed by atoms with Crippen molar-refractivity contribution in [3.05, 3.63) is 33.8 Å². The third-order valence-corrected chi connectivity index (χ3v) is 3.63. The maximum atomic E-state index is 11.7. The van der Waals surface area contributed by atoms with Crippen LogP contribution in [0.4, 0.5) is 0 Å². The minimum absolute atomic E-state index is 0.0197. The smallest absolute Gasteiger partial charge is 0.275 e. The van der Waals surface area contributed by atoms with Gasteiger partial charge in [0.1, 0.15) is 6.54 Å². The van der Waals surface area contributed by atoms with Crippen molar-refractivity contribution >= 4 is 35.0 Å². The second-order valence-corrected chi connectivity index (χ2v) is 5.94. The fraction of sp³-hybridized carbons (Fsp3) is 0.429. The molecule has 0 saturated carbocycles. The zero-order valence-electron chi connectivity index (χ0n) is 12.4. The molecule has 1 aromatic carbocycles. The summed E-state index contributed by atoms with van der Waals surface area (Å²) in [6.45, 7) is 0.943. The van der Waals surface area contributed by atoms with Gasteiger partial charge in [0.05, 0.1) is 23.6 Å². The van der Waals surface area contributed by atoms with Gasteiger partial charge in [0.25, 0.3) is 5.91 Å². The second kappa shape index (κ2) is 8.22. The van der Waals surface area contributed by atoms with Crippen LogP contribution in [0.1, 0.15) is 5.56 Å². The Morgan fingerprint density at radius 3 is 2.48 bits per heavy atom. The quantitative estimate of drug-likeness (QED) is 0.782. The predicted octanol–water partition coefficient (Wildman–Crippen LogP) is 0.213. The number of carbonyl (C=O) groups is 2. The molecule has 116 valence electrons. The van der Waals surface area contributed by atoms with Gasteiger partial charge in [-0.1, -0.05) is 29.3 Å². The van der Waals surface area contributed by atoms with Crippen molar-refractivity contribution in [1.82, 2.24) is 10.2 Å². The Kier molecular flexibility index (Phi) is 6.95. The molecule has 1 atom stereocenters. The number of hydrogen-bond donors (Lipinski definition) is 2. The van der Waals surface area contributed by atoms with E-state index in [1.807, 2.05) is 13.1 Å². The summed E-state index contributed by atoms with van der Waals surface area (Å²) in [5, 5.41) is 3.62. The third kappa shape index (κ3) is 6.33. The second-order valence-electron chi connectivity index (χ2n) is 5.12. The first kappa shape index (κ1) is 17.8. The number of carbonyl (C=O) groups excluding carboxylic acids is 2. The molecule has 7 heteroatoms. The number of amides is 2. The lowest BCUT2D eigenvalue weighted by molar-refractivity contribution is -0.885. The van der Waals surface area contributed by atoms with E-state index in [9.17, 15) is 9.59 Å². The maximum Gasteiger partial charge on any atom is 0.275 e. The van der Waals surface area contributed by atoms with Crippen LogP contribution in [0.15, 0.2) is 18.2 Å². The zero-order valence-corrected chi connectivity index (χ0v) is 13.9. The molecule has 1 aromatic rings. The van der Waals surface area contributed by atoms with E-state index in [4.69, 9.17) is 23.2 Å². The van der Waals surface area contributed by atoms with Crippen LogP contribution in [0, 0.1) is 0 Å². The number of likely N-dealkylation sites (N-methyl/N-ethyl adjacent to an activating group) is 2. The molecule has 21 heavy (non-hydrogen) atoms. The molecule has 0 aromatic heterocycles. The highest BCUT2D eigenvalue weighted by Crippen LogP contribution is 2.22. The molecule has 1 unspecified atom stereocenters. The Bertz CT molecular complexity index is 521. The highest BCUT2D eigenvalue weighted by atomic mass is 35.5. The summed E-state index contributed by atoms with van der Waals surface area (Å²) in [4.78, 5) is 25.5. The molecule has 0 spiro atoms. The number of rotatable bonds is 6. The normalized spacial score (nSPS) is 11.9. The molecule has 0 saturated heterocycles. The lowest BCUT2D eigenvalue weighted by atomic mass is 10.2. The van der Waals surface area contributed by atoms with E-state index in [0.29, 0.717) is 16.6 Å². The van der Waals surface area contributed by atoms with Gasteiger partial charge in [0.2, 0.25) is 5.91 Å². The summed E-state index contributed by atoms with van der Waals surface area (Å²) in [5.74, 6) is -0.298. The van der Waals surface area contributed by atoms with Crippen LogP contribution in [0.2, 0.25) is 10.0 Å². The van der Waals surface area contributed by atoms with E-state index in [2.05, 4.69) is 5.32 Å². The van der Waals surface area contributed by atoms with Crippen molar-refractivity contribution in [1.29, 1.82) is 0 Å². The minimum Gasteiger partial charge on any atom is -0.347 e. The van der Waals surface area contributed by atoms with Gasteiger partial charge in [-0.05, 0) is 12.1 Å². The highest BCUT2D eigenvalue weighted by molar-refractivity contribution is 6.42. The SMILES string of the molecule is CN(C)C(=O)CNC(=O)C[NH+](C)Cc1ccc(Cl)c(Cl)c1. The molecule has 0 radical (unpaired) electrons. The Labute approximate surface area is 134 Å². The largest absolute Gasteiger partial charge is 0.347 e. The fourth-order valence-electron chi connectivity index (χ4n) is 1.73. The average molecular weight is 333 g/mol. The molecule has 0 aliphatic rings. The summed E-state index contributed by atoms with van der Waals surface area (Å²) in [5.41, 5.74) is 0.999. The Morgan fingerprint density at radius 2 is 1.90 bits per heavy atom. The van der Waals surface area contributed by atoms with E-state index in [-0.39, 0.29) is 24.9 Å². The molecule has 5 nitrogen and oxygen atoms in total. The summed E-state index contributed by atoms with van der Waals surface area (Å²) in [6.07, 6.45) is 0. The molecule has 0 aliphatic carbocycles. The number of benzene rings is 1. The Balaban J connectivity index is 2.42. The first-order valence-electron chi connectivity index (χ1n) is 6.51. The van der Waals surface area contributed by atoms with E-state index >= 15 is 0 Å².